The molecular formula is C19H15ClN8. The van der Waals surface area contributed by atoms with Gasteiger partial charge in [-0.1, -0.05) is 17.7 Å². The Morgan fingerprint density at radius 2 is 2.04 bits per heavy atom. The smallest absolute Gasteiger partial charge is 0.164 e. The van der Waals surface area contributed by atoms with E-state index in [0.717, 1.165) is 22.7 Å². The van der Waals surface area contributed by atoms with Crippen molar-refractivity contribution in [3.63, 3.8) is 0 Å². The highest BCUT2D eigenvalue weighted by Crippen LogP contribution is 2.28. The highest BCUT2D eigenvalue weighted by molar-refractivity contribution is 6.30. The van der Waals surface area contributed by atoms with Crippen LogP contribution in [0.4, 0.5) is 5.82 Å². The molecule has 0 radical (unpaired) electrons. The Morgan fingerprint density at radius 3 is 2.93 bits per heavy atom. The maximum Gasteiger partial charge on any atom is 0.164 e. The van der Waals surface area contributed by atoms with Gasteiger partial charge in [-0.15, -0.1) is 0 Å². The average Bonchev–Trinajstić information content (AvgIpc) is 3.33. The van der Waals surface area contributed by atoms with Gasteiger partial charge in [0.15, 0.2) is 17.1 Å². The van der Waals surface area contributed by atoms with Gasteiger partial charge in [-0.25, -0.2) is 24.9 Å². The summed E-state index contributed by atoms with van der Waals surface area (Å²) in [6, 6.07) is 11.3. The zero-order valence-electron chi connectivity index (χ0n) is 14.8. The van der Waals surface area contributed by atoms with Gasteiger partial charge in [-0.05, 0) is 37.3 Å². The van der Waals surface area contributed by atoms with Gasteiger partial charge in [-0.2, -0.15) is 0 Å². The summed E-state index contributed by atoms with van der Waals surface area (Å²) in [5.74, 6) is 1.43. The van der Waals surface area contributed by atoms with E-state index in [0.29, 0.717) is 22.0 Å². The number of anilines is 1. The van der Waals surface area contributed by atoms with Crippen LogP contribution < -0.4 is 5.32 Å². The second kappa shape index (κ2) is 6.58. The molecule has 0 aliphatic rings. The molecule has 8 nitrogen and oxygen atoms in total. The first-order chi connectivity index (χ1) is 13.7. The standard InChI is InChI=1S/C19H15ClN8/c1-11(26-17-15-16(23-9-22-15)24-10-25-17)18-27-14-6-3-7-21-19(14)28(18)13-5-2-4-12(20)8-13/h2-11H,1H3,(H2,22,23,24,25,26)/t11-/m0/s1. The first kappa shape index (κ1) is 16.6. The van der Waals surface area contributed by atoms with Crippen molar-refractivity contribution in [2.24, 2.45) is 0 Å². The molecule has 1 atom stereocenters. The number of nitrogens with zero attached hydrogens (tertiary/aromatic N) is 6. The van der Waals surface area contributed by atoms with Gasteiger partial charge in [0, 0.05) is 11.2 Å². The fourth-order valence-corrected chi connectivity index (χ4v) is 3.41. The number of hydrogen-bond donors (Lipinski definition) is 2. The van der Waals surface area contributed by atoms with Crippen LogP contribution in [-0.4, -0.2) is 34.5 Å². The van der Waals surface area contributed by atoms with E-state index in [2.05, 4.69) is 30.2 Å². The van der Waals surface area contributed by atoms with E-state index in [1.807, 2.05) is 47.9 Å². The lowest BCUT2D eigenvalue weighted by Gasteiger charge is -2.16. The Balaban J connectivity index is 1.64. The lowest BCUT2D eigenvalue weighted by Crippen LogP contribution is -2.14. The molecule has 9 heteroatoms. The second-order valence-electron chi connectivity index (χ2n) is 6.32. The molecule has 0 unspecified atom stereocenters. The third-order valence-corrected chi connectivity index (χ3v) is 4.70. The Labute approximate surface area is 164 Å². The quantitative estimate of drug-likeness (QED) is 0.482. The molecule has 4 heterocycles. The zero-order chi connectivity index (χ0) is 19.1. The number of nitrogens with one attached hydrogen (secondary N) is 2. The van der Waals surface area contributed by atoms with E-state index in [1.54, 1.807) is 12.5 Å². The largest absolute Gasteiger partial charge is 0.358 e. The molecule has 0 spiro atoms. The third kappa shape index (κ3) is 2.74. The van der Waals surface area contributed by atoms with Gasteiger partial charge in [0.25, 0.3) is 0 Å². The van der Waals surface area contributed by atoms with E-state index >= 15 is 0 Å². The molecule has 2 N–H and O–H groups in total. The number of fused-ring (bicyclic) bond motifs is 2. The minimum atomic E-state index is -0.178. The van der Waals surface area contributed by atoms with Crippen LogP contribution in [0.5, 0.6) is 0 Å². The van der Waals surface area contributed by atoms with Crippen molar-refractivity contribution < 1.29 is 0 Å². The van der Waals surface area contributed by atoms with Crippen molar-refractivity contribution in [3.05, 3.63) is 66.1 Å². The summed E-state index contributed by atoms with van der Waals surface area (Å²) in [5, 5.41) is 4.04. The van der Waals surface area contributed by atoms with Crippen LogP contribution in [0, 0.1) is 0 Å². The summed E-state index contributed by atoms with van der Waals surface area (Å²) >= 11 is 6.23. The van der Waals surface area contributed by atoms with Crippen LogP contribution in [0.1, 0.15) is 18.8 Å². The van der Waals surface area contributed by atoms with Crippen molar-refractivity contribution in [1.82, 2.24) is 34.5 Å². The van der Waals surface area contributed by atoms with Gasteiger partial charge in [0.1, 0.15) is 23.2 Å². The highest BCUT2D eigenvalue weighted by Gasteiger charge is 2.20. The molecule has 0 aliphatic heterocycles. The number of imidazole rings is 2. The lowest BCUT2D eigenvalue weighted by molar-refractivity contribution is 0.767. The summed E-state index contributed by atoms with van der Waals surface area (Å²) in [7, 11) is 0. The number of pyridine rings is 1. The van der Waals surface area contributed by atoms with Crippen LogP contribution in [0.3, 0.4) is 0 Å². The number of hydrogen-bond acceptors (Lipinski definition) is 6. The molecule has 0 fully saturated rings. The minimum Gasteiger partial charge on any atom is -0.358 e. The van der Waals surface area contributed by atoms with Crippen molar-refractivity contribution in [3.8, 4) is 5.69 Å². The Hall–Kier alpha value is -3.52. The number of rotatable bonds is 4. The zero-order valence-corrected chi connectivity index (χ0v) is 15.6. The second-order valence-corrected chi connectivity index (χ2v) is 6.76. The van der Waals surface area contributed by atoms with E-state index in [1.165, 1.54) is 6.33 Å². The van der Waals surface area contributed by atoms with E-state index in [9.17, 15) is 0 Å². The normalized spacial score (nSPS) is 12.5. The van der Waals surface area contributed by atoms with Crippen LogP contribution in [0.2, 0.25) is 5.02 Å². The molecule has 28 heavy (non-hydrogen) atoms. The molecule has 0 bridgehead atoms. The van der Waals surface area contributed by atoms with Gasteiger partial charge in [-0.3, -0.25) is 4.57 Å². The maximum atomic E-state index is 6.23. The number of aromatic amines is 1. The van der Waals surface area contributed by atoms with Crippen molar-refractivity contribution in [2.75, 3.05) is 5.32 Å². The number of aromatic nitrogens is 7. The number of benzene rings is 1. The summed E-state index contributed by atoms with van der Waals surface area (Å²) in [4.78, 5) is 25.1. The van der Waals surface area contributed by atoms with Crippen molar-refractivity contribution >= 4 is 39.7 Å². The Morgan fingerprint density at radius 1 is 1.11 bits per heavy atom. The van der Waals surface area contributed by atoms with Gasteiger partial charge >= 0.3 is 0 Å². The summed E-state index contributed by atoms with van der Waals surface area (Å²) in [6.07, 6.45) is 4.85. The van der Waals surface area contributed by atoms with Crippen LogP contribution in [-0.2, 0) is 0 Å². The molecule has 0 aliphatic carbocycles. The summed E-state index contributed by atoms with van der Waals surface area (Å²) in [6.45, 7) is 2.02. The van der Waals surface area contributed by atoms with E-state index in [4.69, 9.17) is 16.6 Å². The van der Waals surface area contributed by atoms with Crippen molar-refractivity contribution in [1.29, 1.82) is 0 Å². The molecule has 0 saturated carbocycles. The maximum absolute atomic E-state index is 6.23. The molecule has 0 saturated heterocycles. The highest BCUT2D eigenvalue weighted by atomic mass is 35.5. The Bertz CT molecular complexity index is 1290. The predicted molar refractivity (Wildman–Crippen MR) is 108 cm³/mol. The SMILES string of the molecule is C[C@H](Nc1ncnc2[nH]cnc12)c1nc2cccnc2n1-c1cccc(Cl)c1. The number of halogens is 1. The van der Waals surface area contributed by atoms with Gasteiger partial charge < -0.3 is 10.3 Å². The van der Waals surface area contributed by atoms with E-state index in [-0.39, 0.29) is 6.04 Å². The lowest BCUT2D eigenvalue weighted by atomic mass is 10.2. The van der Waals surface area contributed by atoms with E-state index < -0.39 is 0 Å². The molecule has 5 aromatic rings. The molecular weight excluding hydrogens is 376 g/mol. The summed E-state index contributed by atoms with van der Waals surface area (Å²) < 4.78 is 2.00. The first-order valence-electron chi connectivity index (χ1n) is 8.70. The molecule has 138 valence electrons. The van der Waals surface area contributed by atoms with Gasteiger partial charge in [0.05, 0.1) is 18.1 Å². The molecule has 0 amide bonds. The molecule has 5 rings (SSSR count). The fourth-order valence-electron chi connectivity index (χ4n) is 3.23. The topological polar surface area (TPSA) is 97.2 Å². The summed E-state index contributed by atoms with van der Waals surface area (Å²) in [5.41, 5.74) is 3.82. The number of H-pyrrole nitrogens is 1. The average molecular weight is 391 g/mol. The monoisotopic (exact) mass is 390 g/mol. The Kier molecular flexibility index (Phi) is 3.91. The fraction of sp³-hybridized carbons (Fsp3) is 0.105. The van der Waals surface area contributed by atoms with Gasteiger partial charge in [0.2, 0.25) is 0 Å². The minimum absolute atomic E-state index is 0.178. The first-order valence-corrected chi connectivity index (χ1v) is 9.08. The molecule has 4 aromatic heterocycles. The van der Waals surface area contributed by atoms with Crippen molar-refractivity contribution in [2.45, 2.75) is 13.0 Å². The predicted octanol–water partition coefficient (Wildman–Crippen LogP) is 3.91. The van der Waals surface area contributed by atoms with Crippen LogP contribution in [0.15, 0.2) is 55.2 Å². The van der Waals surface area contributed by atoms with Crippen LogP contribution in [0.25, 0.3) is 28.0 Å². The van der Waals surface area contributed by atoms with Crippen LogP contribution >= 0.6 is 11.6 Å². The molecule has 1 aromatic carbocycles. The third-order valence-electron chi connectivity index (χ3n) is 4.47.